The molecule has 0 aliphatic carbocycles. The average molecular weight is 217 g/mol. The van der Waals surface area contributed by atoms with Gasteiger partial charge in [-0.15, -0.1) is 0 Å². The Morgan fingerprint density at radius 2 is 2.06 bits per heavy atom. The van der Waals surface area contributed by atoms with Crippen LogP contribution in [0.3, 0.4) is 0 Å². The third kappa shape index (κ3) is 1.26. The number of benzene rings is 1. The molecule has 1 fully saturated rings. The summed E-state index contributed by atoms with van der Waals surface area (Å²) in [5.41, 5.74) is 1.24. The third-order valence-electron chi connectivity index (χ3n) is 4.18. The van der Waals surface area contributed by atoms with Gasteiger partial charge in [0.1, 0.15) is 5.82 Å². The predicted molar refractivity (Wildman–Crippen MR) is 62.6 cm³/mol. The van der Waals surface area contributed by atoms with E-state index in [2.05, 4.69) is 24.1 Å². The fraction of sp³-hybridized carbons (Fsp3) is 0.429. The molecule has 0 radical (unpaired) electrons. The first kappa shape index (κ1) is 10.0. The Bertz CT molecular complexity index is 423. The number of rotatable bonds is 1. The molecule has 3 rings (SSSR count). The SMILES string of the molecule is CN1C2CC=CC1(c1ccc(F)cc1)CC2. The molecular formula is C14H16FN. The van der Waals surface area contributed by atoms with Gasteiger partial charge in [0.15, 0.2) is 0 Å². The summed E-state index contributed by atoms with van der Waals surface area (Å²) in [7, 11) is 2.19. The van der Waals surface area contributed by atoms with Crippen LogP contribution in [0.15, 0.2) is 36.4 Å². The lowest BCUT2D eigenvalue weighted by Gasteiger charge is -2.39. The zero-order chi connectivity index (χ0) is 11.2. The van der Waals surface area contributed by atoms with Gasteiger partial charge in [-0.2, -0.15) is 0 Å². The van der Waals surface area contributed by atoms with Crippen LogP contribution in [-0.4, -0.2) is 18.0 Å². The quantitative estimate of drug-likeness (QED) is 0.653. The molecule has 2 bridgehead atoms. The van der Waals surface area contributed by atoms with E-state index < -0.39 is 0 Å². The minimum atomic E-state index is -0.155. The van der Waals surface area contributed by atoms with Gasteiger partial charge in [-0.3, -0.25) is 4.90 Å². The van der Waals surface area contributed by atoms with Crippen LogP contribution in [0, 0.1) is 5.82 Å². The molecule has 84 valence electrons. The molecule has 2 unspecified atom stereocenters. The molecule has 2 aliphatic rings. The topological polar surface area (TPSA) is 3.24 Å². The van der Waals surface area contributed by atoms with Crippen LogP contribution in [0.5, 0.6) is 0 Å². The highest BCUT2D eigenvalue weighted by atomic mass is 19.1. The molecule has 2 heteroatoms. The molecule has 0 spiro atoms. The van der Waals surface area contributed by atoms with Gasteiger partial charge in [-0.25, -0.2) is 4.39 Å². The van der Waals surface area contributed by atoms with Gasteiger partial charge >= 0.3 is 0 Å². The summed E-state index contributed by atoms with van der Waals surface area (Å²) in [5.74, 6) is -0.155. The second kappa shape index (κ2) is 3.42. The Morgan fingerprint density at radius 1 is 1.31 bits per heavy atom. The van der Waals surface area contributed by atoms with E-state index in [0.29, 0.717) is 6.04 Å². The lowest BCUT2D eigenvalue weighted by molar-refractivity contribution is 0.168. The van der Waals surface area contributed by atoms with E-state index in [1.807, 2.05) is 12.1 Å². The Labute approximate surface area is 95.6 Å². The maximum absolute atomic E-state index is 13.0. The van der Waals surface area contributed by atoms with Crippen LogP contribution < -0.4 is 0 Å². The average Bonchev–Trinajstić information content (AvgIpc) is 2.52. The normalized spacial score (nSPS) is 33.2. The van der Waals surface area contributed by atoms with Gasteiger partial charge in [-0.1, -0.05) is 24.3 Å². The molecule has 1 aromatic carbocycles. The molecule has 0 saturated carbocycles. The summed E-state index contributed by atoms with van der Waals surface area (Å²) < 4.78 is 13.0. The second-order valence-electron chi connectivity index (χ2n) is 4.87. The van der Waals surface area contributed by atoms with E-state index >= 15 is 0 Å². The van der Waals surface area contributed by atoms with E-state index in [9.17, 15) is 4.39 Å². The van der Waals surface area contributed by atoms with Crippen molar-refractivity contribution in [1.82, 2.24) is 4.90 Å². The van der Waals surface area contributed by atoms with Crippen molar-refractivity contribution in [2.75, 3.05) is 7.05 Å². The van der Waals surface area contributed by atoms with Crippen molar-refractivity contribution in [3.8, 4) is 0 Å². The van der Waals surface area contributed by atoms with Crippen LogP contribution in [0.1, 0.15) is 24.8 Å². The van der Waals surface area contributed by atoms with E-state index in [1.165, 1.54) is 12.0 Å². The van der Waals surface area contributed by atoms with Gasteiger partial charge < -0.3 is 0 Å². The molecule has 1 nitrogen and oxygen atoms in total. The summed E-state index contributed by atoms with van der Waals surface area (Å²) in [5, 5.41) is 0. The largest absolute Gasteiger partial charge is 0.290 e. The van der Waals surface area contributed by atoms with E-state index in [4.69, 9.17) is 0 Å². The second-order valence-corrected chi connectivity index (χ2v) is 4.87. The maximum atomic E-state index is 13.0. The van der Waals surface area contributed by atoms with Gasteiger partial charge in [0.05, 0.1) is 5.54 Å². The van der Waals surface area contributed by atoms with Gasteiger partial charge in [0.2, 0.25) is 0 Å². The first-order valence-electron chi connectivity index (χ1n) is 5.89. The zero-order valence-corrected chi connectivity index (χ0v) is 9.49. The highest BCUT2D eigenvalue weighted by Crippen LogP contribution is 2.45. The highest BCUT2D eigenvalue weighted by Gasteiger charge is 2.44. The third-order valence-corrected chi connectivity index (χ3v) is 4.18. The predicted octanol–water partition coefficient (Wildman–Crippen LogP) is 3.08. The highest BCUT2D eigenvalue weighted by molar-refractivity contribution is 5.34. The van der Waals surface area contributed by atoms with Crippen molar-refractivity contribution in [3.63, 3.8) is 0 Å². The van der Waals surface area contributed by atoms with Crippen molar-refractivity contribution in [2.24, 2.45) is 0 Å². The maximum Gasteiger partial charge on any atom is 0.123 e. The summed E-state index contributed by atoms with van der Waals surface area (Å²) in [6.45, 7) is 0. The molecule has 1 saturated heterocycles. The first-order chi connectivity index (χ1) is 7.72. The van der Waals surface area contributed by atoms with Crippen molar-refractivity contribution in [3.05, 3.63) is 47.8 Å². The van der Waals surface area contributed by atoms with Crippen LogP contribution in [0.2, 0.25) is 0 Å². The van der Waals surface area contributed by atoms with Crippen LogP contribution >= 0.6 is 0 Å². The molecule has 2 atom stereocenters. The number of hydrogen-bond acceptors (Lipinski definition) is 1. The van der Waals surface area contributed by atoms with E-state index in [-0.39, 0.29) is 11.4 Å². The van der Waals surface area contributed by atoms with Gasteiger partial charge in [0, 0.05) is 6.04 Å². The molecule has 0 aromatic heterocycles. The number of hydrogen-bond donors (Lipinski definition) is 0. The Hall–Kier alpha value is -1.15. The van der Waals surface area contributed by atoms with E-state index in [1.54, 1.807) is 12.1 Å². The van der Waals surface area contributed by atoms with Crippen molar-refractivity contribution >= 4 is 0 Å². The van der Waals surface area contributed by atoms with E-state index in [0.717, 1.165) is 12.8 Å². The van der Waals surface area contributed by atoms with Gasteiger partial charge in [-0.05, 0) is 44.0 Å². The fourth-order valence-corrected chi connectivity index (χ4v) is 3.16. The first-order valence-corrected chi connectivity index (χ1v) is 5.89. The number of nitrogens with zero attached hydrogens (tertiary/aromatic N) is 1. The van der Waals surface area contributed by atoms with Crippen molar-refractivity contribution in [1.29, 1.82) is 0 Å². The molecule has 2 heterocycles. The lowest BCUT2D eigenvalue weighted by atomic mass is 9.86. The van der Waals surface area contributed by atoms with Crippen molar-refractivity contribution < 1.29 is 4.39 Å². The molecule has 2 aliphatic heterocycles. The molecule has 0 N–H and O–H groups in total. The Morgan fingerprint density at radius 3 is 2.81 bits per heavy atom. The molecular weight excluding hydrogens is 201 g/mol. The molecule has 1 aromatic rings. The fourth-order valence-electron chi connectivity index (χ4n) is 3.16. The van der Waals surface area contributed by atoms with Crippen molar-refractivity contribution in [2.45, 2.75) is 30.8 Å². The minimum Gasteiger partial charge on any atom is -0.290 e. The lowest BCUT2D eigenvalue weighted by Crippen LogP contribution is -2.42. The Kier molecular flexibility index (Phi) is 2.15. The molecule has 16 heavy (non-hydrogen) atoms. The summed E-state index contributed by atoms with van der Waals surface area (Å²) in [6, 6.07) is 7.63. The van der Waals surface area contributed by atoms with Gasteiger partial charge in [0.25, 0.3) is 0 Å². The van der Waals surface area contributed by atoms with Crippen LogP contribution in [-0.2, 0) is 5.54 Å². The monoisotopic (exact) mass is 217 g/mol. The number of halogens is 1. The Balaban J connectivity index is 2.07. The smallest absolute Gasteiger partial charge is 0.123 e. The minimum absolute atomic E-state index is 0.0244. The number of likely N-dealkylation sites (N-methyl/N-ethyl adjacent to an activating group) is 1. The van der Waals surface area contributed by atoms with Crippen LogP contribution in [0.4, 0.5) is 4.39 Å². The van der Waals surface area contributed by atoms with Crippen LogP contribution in [0.25, 0.3) is 0 Å². The molecule has 0 amide bonds. The zero-order valence-electron chi connectivity index (χ0n) is 9.49. The number of fused-ring (bicyclic) bond motifs is 2. The summed E-state index contributed by atoms with van der Waals surface area (Å²) in [6.07, 6.45) is 8.11. The standard InChI is InChI=1S/C14H16FN/c1-16-13-3-2-9-14(16,10-8-13)11-4-6-12(15)7-5-11/h2,4-7,9,13H,3,8,10H2,1H3. The summed E-state index contributed by atoms with van der Waals surface area (Å²) >= 11 is 0. The summed E-state index contributed by atoms with van der Waals surface area (Å²) in [4.78, 5) is 2.44.